The third-order valence-electron chi connectivity index (χ3n) is 7.88. The van der Waals surface area contributed by atoms with Gasteiger partial charge in [0, 0.05) is 53.1 Å². The van der Waals surface area contributed by atoms with Crippen molar-refractivity contribution in [1.82, 2.24) is 15.2 Å². The number of anilines is 1. The lowest BCUT2D eigenvalue weighted by Gasteiger charge is -2.58. The first-order valence-electron chi connectivity index (χ1n) is 13.1. The second kappa shape index (κ2) is 11.1. The topological polar surface area (TPSA) is 101 Å². The summed E-state index contributed by atoms with van der Waals surface area (Å²) >= 11 is 12.3. The van der Waals surface area contributed by atoms with Gasteiger partial charge in [-0.15, -0.1) is 0 Å². The van der Waals surface area contributed by atoms with Crippen molar-refractivity contribution >= 4 is 46.8 Å². The minimum atomic E-state index is -0.588. The summed E-state index contributed by atoms with van der Waals surface area (Å²) in [6.45, 7) is 2.31. The third-order valence-corrected chi connectivity index (χ3v) is 8.32. The number of methoxy groups -OCH3 is 1. The van der Waals surface area contributed by atoms with Crippen LogP contribution in [0.4, 0.5) is 5.82 Å². The molecule has 1 aliphatic carbocycles. The average molecular weight is 559 g/mol. The van der Waals surface area contributed by atoms with Gasteiger partial charge in [-0.2, -0.15) is 0 Å². The molecule has 10 heteroatoms. The Bertz CT molecular complexity index is 1220. The molecule has 202 valence electrons. The molecule has 0 bridgehead atoms. The first-order chi connectivity index (χ1) is 18.2. The maximum Gasteiger partial charge on any atom is 0.307 e. The number of benzene rings is 1. The van der Waals surface area contributed by atoms with Crippen molar-refractivity contribution in [3.05, 3.63) is 57.2 Å². The van der Waals surface area contributed by atoms with Crippen molar-refractivity contribution in [2.75, 3.05) is 32.1 Å². The molecule has 1 saturated carbocycles. The molecular weight excluding hydrogens is 527 g/mol. The molecule has 1 aromatic heterocycles. The fraction of sp³-hybridized carbons (Fsp3) is 0.500. The number of carbonyl (C=O) groups is 3. The molecule has 1 spiro atoms. The van der Waals surface area contributed by atoms with E-state index in [0.717, 1.165) is 43.7 Å². The molecule has 0 unspecified atom stereocenters. The van der Waals surface area contributed by atoms with Gasteiger partial charge >= 0.3 is 5.97 Å². The predicted molar refractivity (Wildman–Crippen MR) is 145 cm³/mol. The Morgan fingerprint density at radius 1 is 1.18 bits per heavy atom. The number of likely N-dealkylation sites (tertiary alicyclic amines) is 1. The molecule has 2 aliphatic heterocycles. The first-order valence-corrected chi connectivity index (χ1v) is 13.8. The number of nitrogens with zero attached hydrogens (tertiary/aromatic N) is 2. The van der Waals surface area contributed by atoms with Crippen LogP contribution >= 0.6 is 23.2 Å². The number of aromatic nitrogens is 1. The first kappa shape index (κ1) is 26.8. The van der Waals surface area contributed by atoms with Crippen LogP contribution < -0.4 is 10.6 Å². The molecule has 1 atom stereocenters. The van der Waals surface area contributed by atoms with E-state index in [9.17, 15) is 14.4 Å². The molecule has 3 heterocycles. The van der Waals surface area contributed by atoms with E-state index in [2.05, 4.69) is 21.7 Å². The lowest BCUT2D eigenvalue weighted by molar-refractivity contribution is -0.160. The molecule has 3 aliphatic rings. The van der Waals surface area contributed by atoms with Gasteiger partial charge < -0.3 is 20.3 Å². The predicted octanol–water partition coefficient (Wildman–Crippen LogP) is 4.34. The summed E-state index contributed by atoms with van der Waals surface area (Å²) in [7, 11) is 1.31. The van der Waals surface area contributed by atoms with E-state index in [4.69, 9.17) is 27.9 Å². The van der Waals surface area contributed by atoms with Crippen LogP contribution in [0.25, 0.3) is 0 Å². The Hall–Kier alpha value is -2.84. The molecule has 1 aromatic carbocycles. The molecule has 8 nitrogen and oxygen atoms in total. The molecule has 2 aromatic rings. The fourth-order valence-corrected chi connectivity index (χ4v) is 6.38. The summed E-state index contributed by atoms with van der Waals surface area (Å²) in [6.07, 6.45) is 4.65. The van der Waals surface area contributed by atoms with Gasteiger partial charge in [0.05, 0.1) is 19.6 Å². The van der Waals surface area contributed by atoms with E-state index in [0.29, 0.717) is 41.5 Å². The van der Waals surface area contributed by atoms with Crippen molar-refractivity contribution in [1.29, 1.82) is 0 Å². The zero-order valence-corrected chi connectivity index (χ0v) is 22.9. The fourth-order valence-electron chi connectivity index (χ4n) is 5.84. The van der Waals surface area contributed by atoms with Gasteiger partial charge in [0.25, 0.3) is 0 Å². The van der Waals surface area contributed by atoms with Crippen molar-refractivity contribution in [2.24, 2.45) is 11.3 Å². The van der Waals surface area contributed by atoms with Crippen LogP contribution in [0.1, 0.15) is 55.0 Å². The monoisotopic (exact) mass is 558 g/mol. The maximum atomic E-state index is 13.0. The molecular formula is C28H32Cl2N4O4. The maximum absolute atomic E-state index is 13.0. The summed E-state index contributed by atoms with van der Waals surface area (Å²) in [6, 6.07) is 8.53. The highest BCUT2D eigenvalue weighted by Crippen LogP contribution is 2.52. The summed E-state index contributed by atoms with van der Waals surface area (Å²) in [4.78, 5) is 44.3. The molecule has 2 N–H and O–H groups in total. The molecule has 0 radical (unpaired) electrons. The molecule has 2 amide bonds. The second-order valence-electron chi connectivity index (χ2n) is 10.7. The Morgan fingerprint density at radius 3 is 2.63 bits per heavy atom. The number of rotatable bonds is 8. The van der Waals surface area contributed by atoms with E-state index in [1.807, 2.05) is 11.0 Å². The molecule has 1 saturated heterocycles. The number of fused-ring (bicyclic) bond motifs is 1. The lowest BCUT2D eigenvalue weighted by Crippen LogP contribution is -2.65. The number of halogens is 2. The van der Waals surface area contributed by atoms with Gasteiger partial charge in [-0.05, 0) is 67.5 Å². The van der Waals surface area contributed by atoms with E-state index in [-0.39, 0.29) is 29.6 Å². The lowest BCUT2D eigenvalue weighted by atomic mass is 9.57. The second-order valence-corrected chi connectivity index (χ2v) is 11.6. The number of hydrogen-bond donors (Lipinski definition) is 2. The summed E-state index contributed by atoms with van der Waals surface area (Å²) < 4.78 is 4.81. The quantitative estimate of drug-likeness (QED) is 0.467. The van der Waals surface area contributed by atoms with Crippen LogP contribution in [-0.2, 0) is 32.0 Å². The standard InChI is InChI=1S/C28H32Cl2N4O4/c1-38-25(36)12-23(18-9-20(29)11-21(30)10-18)33-27(37)19-13-28(14-19)15-34(16-28)24(35)7-6-22-5-4-17-3-2-8-31-26(17)32-22/h4-5,9-11,19,23H,2-3,6-8,12-16H2,1H3,(H,31,32)(H,33,37)/t23-/m0/s1. The van der Waals surface area contributed by atoms with Crippen molar-refractivity contribution in [3.63, 3.8) is 0 Å². The van der Waals surface area contributed by atoms with Crippen LogP contribution in [0.2, 0.25) is 10.0 Å². The highest BCUT2D eigenvalue weighted by atomic mass is 35.5. The van der Waals surface area contributed by atoms with Gasteiger partial charge in [0.2, 0.25) is 11.8 Å². The van der Waals surface area contributed by atoms with Gasteiger partial charge in [-0.1, -0.05) is 29.3 Å². The Kier molecular flexibility index (Phi) is 7.82. The van der Waals surface area contributed by atoms with Crippen molar-refractivity contribution < 1.29 is 19.1 Å². The van der Waals surface area contributed by atoms with Crippen LogP contribution in [0.3, 0.4) is 0 Å². The Balaban J connectivity index is 1.10. The van der Waals surface area contributed by atoms with Crippen LogP contribution in [-0.4, -0.2) is 54.4 Å². The van der Waals surface area contributed by atoms with E-state index in [1.165, 1.54) is 12.7 Å². The van der Waals surface area contributed by atoms with E-state index < -0.39 is 12.0 Å². The van der Waals surface area contributed by atoms with Crippen LogP contribution in [0.5, 0.6) is 0 Å². The zero-order chi connectivity index (χ0) is 26.9. The van der Waals surface area contributed by atoms with Crippen LogP contribution in [0.15, 0.2) is 30.3 Å². The largest absolute Gasteiger partial charge is 0.469 e. The highest BCUT2D eigenvalue weighted by molar-refractivity contribution is 6.34. The number of ether oxygens (including phenoxy) is 1. The number of nitrogens with one attached hydrogen (secondary N) is 2. The number of pyridine rings is 1. The van der Waals surface area contributed by atoms with Crippen molar-refractivity contribution in [2.45, 2.75) is 51.0 Å². The summed E-state index contributed by atoms with van der Waals surface area (Å²) in [5, 5.41) is 7.18. The smallest absolute Gasteiger partial charge is 0.307 e. The number of carbonyl (C=O) groups excluding carboxylic acids is 3. The molecule has 38 heavy (non-hydrogen) atoms. The van der Waals surface area contributed by atoms with Gasteiger partial charge in [0.15, 0.2) is 0 Å². The van der Waals surface area contributed by atoms with Gasteiger partial charge in [0.1, 0.15) is 5.82 Å². The SMILES string of the molecule is COC(=O)C[C@H](NC(=O)C1CC2(C1)CN(C(=O)CCc1ccc3c(n1)NCCC3)C2)c1cc(Cl)cc(Cl)c1. The summed E-state index contributed by atoms with van der Waals surface area (Å²) in [5.41, 5.74) is 2.85. The molecule has 2 fully saturated rings. The van der Waals surface area contributed by atoms with Crippen molar-refractivity contribution in [3.8, 4) is 0 Å². The minimum absolute atomic E-state index is 0.0167. The Labute approximate surface area is 232 Å². The van der Waals surface area contributed by atoms with Gasteiger partial charge in [-0.3, -0.25) is 14.4 Å². The average Bonchev–Trinajstić information content (AvgIpc) is 2.84. The summed E-state index contributed by atoms with van der Waals surface area (Å²) in [5.74, 6) is 0.375. The number of hydrogen-bond acceptors (Lipinski definition) is 6. The number of aryl methyl sites for hydroxylation is 2. The minimum Gasteiger partial charge on any atom is -0.469 e. The number of esters is 1. The highest BCUT2D eigenvalue weighted by Gasteiger charge is 2.55. The zero-order valence-electron chi connectivity index (χ0n) is 21.4. The van der Waals surface area contributed by atoms with E-state index in [1.54, 1.807) is 18.2 Å². The third kappa shape index (κ3) is 5.91. The number of amides is 2. The molecule has 5 rings (SSSR count). The normalized spacial score (nSPS) is 18.4. The van der Waals surface area contributed by atoms with Crippen LogP contribution in [0, 0.1) is 11.3 Å². The van der Waals surface area contributed by atoms with Gasteiger partial charge in [-0.25, -0.2) is 4.98 Å². The Morgan fingerprint density at radius 2 is 1.92 bits per heavy atom. The van der Waals surface area contributed by atoms with E-state index >= 15 is 0 Å².